The average Bonchev–Trinajstić information content (AvgIpc) is 2.26. The van der Waals surface area contributed by atoms with Crippen LogP contribution in [0.5, 0.6) is 11.5 Å². The Balaban J connectivity index is 3.57. The van der Waals surface area contributed by atoms with E-state index in [1.54, 1.807) is 0 Å². The lowest BCUT2D eigenvalue weighted by Gasteiger charge is -2.14. The molecule has 100 valence electrons. The first kappa shape index (κ1) is 14.6. The monoisotopic (exact) mass is 293 g/mol. The van der Waals surface area contributed by atoms with Crippen molar-refractivity contribution >= 4 is 31.3 Å². The summed E-state index contributed by atoms with van der Waals surface area (Å²) >= 11 is 0. The summed E-state index contributed by atoms with van der Waals surface area (Å²) in [6.45, 7) is 1.24. The molecule has 0 atom stereocenters. The van der Waals surface area contributed by atoms with Crippen molar-refractivity contribution in [2.45, 2.75) is 11.8 Å². The summed E-state index contributed by atoms with van der Waals surface area (Å²) in [4.78, 5) is 10.8. The second-order valence-electron chi connectivity index (χ2n) is 3.32. The molecule has 0 aliphatic carbocycles. The van der Waals surface area contributed by atoms with Gasteiger partial charge in [-0.15, -0.1) is 0 Å². The van der Waals surface area contributed by atoms with Crippen molar-refractivity contribution in [2.75, 3.05) is 19.5 Å². The van der Waals surface area contributed by atoms with Gasteiger partial charge >= 0.3 is 0 Å². The van der Waals surface area contributed by atoms with Gasteiger partial charge < -0.3 is 14.8 Å². The topological polar surface area (TPSA) is 81.7 Å². The second-order valence-corrected chi connectivity index (χ2v) is 5.86. The molecule has 6 nitrogen and oxygen atoms in total. The van der Waals surface area contributed by atoms with Crippen molar-refractivity contribution in [1.82, 2.24) is 0 Å². The van der Waals surface area contributed by atoms with Crippen molar-refractivity contribution in [3.8, 4) is 11.5 Å². The number of hydrogen-bond donors (Lipinski definition) is 1. The lowest BCUT2D eigenvalue weighted by Crippen LogP contribution is -2.11. The molecule has 0 bridgehead atoms. The molecular formula is C10H12ClNO5S. The SMILES string of the molecule is COc1cc(OC)c(NC(C)=O)c(S(=O)(=O)Cl)c1. The van der Waals surface area contributed by atoms with Gasteiger partial charge in [-0.05, 0) is 0 Å². The Labute approximate surface area is 109 Å². The number of anilines is 1. The highest BCUT2D eigenvalue weighted by Crippen LogP contribution is 2.37. The molecule has 0 aliphatic rings. The van der Waals surface area contributed by atoms with Crippen LogP contribution in [0.4, 0.5) is 5.69 Å². The number of rotatable bonds is 4. The average molecular weight is 294 g/mol. The molecule has 1 amide bonds. The Morgan fingerprint density at radius 3 is 2.28 bits per heavy atom. The van der Waals surface area contributed by atoms with Gasteiger partial charge in [0.2, 0.25) is 5.91 Å². The summed E-state index contributed by atoms with van der Waals surface area (Å²) in [5, 5.41) is 2.37. The molecule has 1 N–H and O–H groups in total. The van der Waals surface area contributed by atoms with E-state index in [1.807, 2.05) is 0 Å². The molecule has 0 radical (unpaired) electrons. The standard InChI is InChI=1S/C10H12ClNO5S/c1-6(13)12-10-8(17-3)4-7(16-2)5-9(10)18(11,14)15/h4-5H,1-3H3,(H,12,13). The van der Waals surface area contributed by atoms with Gasteiger partial charge in [0.05, 0.1) is 14.2 Å². The van der Waals surface area contributed by atoms with E-state index < -0.39 is 15.0 Å². The molecule has 8 heteroatoms. The summed E-state index contributed by atoms with van der Waals surface area (Å²) in [6.07, 6.45) is 0. The van der Waals surface area contributed by atoms with Crippen molar-refractivity contribution in [2.24, 2.45) is 0 Å². The zero-order valence-electron chi connectivity index (χ0n) is 9.98. The molecule has 1 aromatic carbocycles. The maximum absolute atomic E-state index is 11.5. The molecular weight excluding hydrogens is 282 g/mol. The van der Waals surface area contributed by atoms with Crippen LogP contribution in [-0.4, -0.2) is 28.5 Å². The zero-order chi connectivity index (χ0) is 13.9. The van der Waals surface area contributed by atoms with Crippen LogP contribution in [0.2, 0.25) is 0 Å². The molecule has 0 aromatic heterocycles. The van der Waals surface area contributed by atoms with Gasteiger partial charge in [-0.2, -0.15) is 0 Å². The number of hydrogen-bond acceptors (Lipinski definition) is 5. The second kappa shape index (κ2) is 5.45. The minimum atomic E-state index is -4.05. The number of carbonyl (C=O) groups excluding carboxylic acids is 1. The fourth-order valence-electron chi connectivity index (χ4n) is 1.34. The van der Waals surface area contributed by atoms with E-state index in [2.05, 4.69) is 5.32 Å². The largest absolute Gasteiger partial charge is 0.497 e. The van der Waals surface area contributed by atoms with E-state index in [0.717, 1.165) is 0 Å². The molecule has 0 saturated carbocycles. The Bertz CT molecular complexity index is 570. The van der Waals surface area contributed by atoms with Gasteiger partial charge in [0.15, 0.2) is 0 Å². The minimum absolute atomic E-state index is 0.0131. The summed E-state index contributed by atoms with van der Waals surface area (Å²) in [5.74, 6) is -0.0519. The lowest BCUT2D eigenvalue weighted by molar-refractivity contribution is -0.114. The van der Waals surface area contributed by atoms with Crippen LogP contribution in [0, 0.1) is 0 Å². The quantitative estimate of drug-likeness (QED) is 0.853. The van der Waals surface area contributed by atoms with E-state index in [9.17, 15) is 13.2 Å². The van der Waals surface area contributed by atoms with Gasteiger partial charge in [0.25, 0.3) is 9.05 Å². The molecule has 1 aromatic rings. The number of nitrogens with one attached hydrogen (secondary N) is 1. The van der Waals surface area contributed by atoms with Gasteiger partial charge in [-0.25, -0.2) is 8.42 Å². The zero-order valence-corrected chi connectivity index (χ0v) is 11.6. The predicted molar refractivity (Wildman–Crippen MR) is 66.9 cm³/mol. The van der Waals surface area contributed by atoms with Crippen LogP contribution in [0.15, 0.2) is 17.0 Å². The van der Waals surface area contributed by atoms with Crippen LogP contribution in [0.1, 0.15) is 6.92 Å². The maximum Gasteiger partial charge on any atom is 0.263 e. The Hall–Kier alpha value is -1.47. The first-order valence-electron chi connectivity index (χ1n) is 4.78. The molecule has 0 fully saturated rings. The highest BCUT2D eigenvalue weighted by molar-refractivity contribution is 8.13. The van der Waals surface area contributed by atoms with Gasteiger partial charge in [0.1, 0.15) is 22.1 Å². The fraction of sp³-hybridized carbons (Fsp3) is 0.300. The Morgan fingerprint density at radius 2 is 1.89 bits per heavy atom. The van der Waals surface area contributed by atoms with E-state index in [0.29, 0.717) is 0 Å². The van der Waals surface area contributed by atoms with Crippen molar-refractivity contribution < 1.29 is 22.7 Å². The third-order valence-electron chi connectivity index (χ3n) is 2.06. The smallest absolute Gasteiger partial charge is 0.263 e. The third kappa shape index (κ3) is 3.27. The van der Waals surface area contributed by atoms with Crippen LogP contribution >= 0.6 is 10.7 Å². The highest BCUT2D eigenvalue weighted by Gasteiger charge is 2.22. The summed E-state index contributed by atoms with van der Waals surface area (Å²) < 4.78 is 32.9. The van der Waals surface area contributed by atoms with Gasteiger partial charge in [-0.1, -0.05) is 0 Å². The fourth-order valence-corrected chi connectivity index (χ4v) is 2.35. The third-order valence-corrected chi connectivity index (χ3v) is 3.40. The number of methoxy groups -OCH3 is 2. The highest BCUT2D eigenvalue weighted by atomic mass is 35.7. The predicted octanol–water partition coefficient (Wildman–Crippen LogP) is 1.59. The molecule has 0 heterocycles. The normalized spacial score (nSPS) is 10.9. The number of benzene rings is 1. The molecule has 18 heavy (non-hydrogen) atoms. The molecule has 0 spiro atoms. The molecule has 1 rings (SSSR count). The van der Waals surface area contributed by atoms with E-state index in [4.69, 9.17) is 20.2 Å². The first-order chi connectivity index (χ1) is 8.29. The van der Waals surface area contributed by atoms with Crippen LogP contribution in [0.25, 0.3) is 0 Å². The van der Waals surface area contributed by atoms with E-state index in [1.165, 1.54) is 33.3 Å². The Morgan fingerprint density at radius 1 is 1.28 bits per heavy atom. The van der Waals surface area contributed by atoms with Gasteiger partial charge in [-0.3, -0.25) is 4.79 Å². The van der Waals surface area contributed by atoms with E-state index in [-0.39, 0.29) is 22.1 Å². The van der Waals surface area contributed by atoms with E-state index >= 15 is 0 Å². The van der Waals surface area contributed by atoms with Gasteiger partial charge in [0, 0.05) is 29.7 Å². The molecule has 0 aliphatic heterocycles. The van der Waals surface area contributed by atoms with Crippen molar-refractivity contribution in [3.05, 3.63) is 12.1 Å². The summed E-state index contributed by atoms with van der Waals surface area (Å²) in [7, 11) is 3.98. The lowest BCUT2D eigenvalue weighted by atomic mass is 10.2. The van der Waals surface area contributed by atoms with Crippen molar-refractivity contribution in [1.29, 1.82) is 0 Å². The summed E-state index contributed by atoms with van der Waals surface area (Å²) in [6, 6.07) is 2.65. The van der Waals surface area contributed by atoms with Crippen LogP contribution in [0.3, 0.4) is 0 Å². The number of amides is 1. The minimum Gasteiger partial charge on any atom is -0.497 e. The number of ether oxygens (including phenoxy) is 2. The summed E-state index contributed by atoms with van der Waals surface area (Å²) in [5.41, 5.74) is -0.0131. The molecule has 0 unspecified atom stereocenters. The van der Waals surface area contributed by atoms with Crippen LogP contribution in [-0.2, 0) is 13.8 Å². The molecule has 0 saturated heterocycles. The number of carbonyl (C=O) groups is 1. The first-order valence-corrected chi connectivity index (χ1v) is 7.08. The Kier molecular flexibility index (Phi) is 4.42. The van der Waals surface area contributed by atoms with Crippen molar-refractivity contribution in [3.63, 3.8) is 0 Å². The number of halogens is 1. The maximum atomic E-state index is 11.5. The van der Waals surface area contributed by atoms with Crippen LogP contribution < -0.4 is 14.8 Å².